The lowest BCUT2D eigenvalue weighted by Gasteiger charge is -2.36. The van der Waals surface area contributed by atoms with Gasteiger partial charge in [-0.05, 0) is 31.5 Å². The van der Waals surface area contributed by atoms with E-state index in [1.54, 1.807) is 11.3 Å². The molecule has 6 heteroatoms. The van der Waals surface area contributed by atoms with E-state index in [1.165, 1.54) is 15.8 Å². The lowest BCUT2D eigenvalue weighted by Crippen LogP contribution is -2.47. The minimum absolute atomic E-state index is 0.868. The number of aromatic nitrogens is 3. The number of piperazine rings is 1. The van der Waals surface area contributed by atoms with Crippen molar-refractivity contribution >= 4 is 33.2 Å². The molecule has 3 aromatic rings. The molecule has 0 aromatic carbocycles. The maximum absolute atomic E-state index is 4.90. The largest absolute Gasteiger partial charge is 0.353 e. The van der Waals surface area contributed by atoms with Crippen LogP contribution in [-0.2, 0) is 6.42 Å². The average Bonchev–Trinajstić information content (AvgIpc) is 2.96. The van der Waals surface area contributed by atoms with E-state index in [9.17, 15) is 0 Å². The third-order valence-electron chi connectivity index (χ3n) is 4.92. The number of aryl methyl sites for hydroxylation is 3. The fourth-order valence-electron chi connectivity index (χ4n) is 3.35. The molecule has 5 nitrogen and oxygen atoms in total. The highest BCUT2D eigenvalue weighted by Gasteiger charge is 2.23. The summed E-state index contributed by atoms with van der Waals surface area (Å²) in [7, 11) is 0. The average molecular weight is 353 g/mol. The molecular weight excluding hydrogens is 330 g/mol. The Morgan fingerprint density at radius 2 is 1.80 bits per heavy atom. The SMILES string of the molecule is CCc1nc(N2CCN(c3ccccn3)CC2)c2c(C)c(C)sc2n1. The standard InChI is InChI=1S/C19H23N5S/c1-4-15-21-18(17-13(2)14(3)25-19(17)22-15)24-11-9-23(10-12-24)16-7-5-6-8-20-16/h5-8H,4,9-12H2,1-3H3. The summed E-state index contributed by atoms with van der Waals surface area (Å²) in [6.45, 7) is 10.3. The summed E-state index contributed by atoms with van der Waals surface area (Å²) in [4.78, 5) is 21.4. The van der Waals surface area contributed by atoms with Gasteiger partial charge in [-0.25, -0.2) is 15.0 Å². The van der Waals surface area contributed by atoms with Crippen LogP contribution in [0, 0.1) is 13.8 Å². The van der Waals surface area contributed by atoms with Crippen LogP contribution in [0.5, 0.6) is 0 Å². The number of hydrogen-bond acceptors (Lipinski definition) is 6. The number of thiophene rings is 1. The van der Waals surface area contributed by atoms with E-state index >= 15 is 0 Å². The highest BCUT2D eigenvalue weighted by atomic mass is 32.1. The van der Waals surface area contributed by atoms with Crippen molar-refractivity contribution < 1.29 is 0 Å². The zero-order valence-electron chi connectivity index (χ0n) is 15.0. The first kappa shape index (κ1) is 16.3. The van der Waals surface area contributed by atoms with E-state index in [0.717, 1.165) is 54.9 Å². The molecule has 0 radical (unpaired) electrons. The van der Waals surface area contributed by atoms with E-state index in [-0.39, 0.29) is 0 Å². The van der Waals surface area contributed by atoms with Crippen LogP contribution >= 0.6 is 11.3 Å². The molecule has 0 atom stereocenters. The first-order chi connectivity index (χ1) is 12.2. The number of rotatable bonds is 3. The van der Waals surface area contributed by atoms with Crippen LogP contribution in [0.2, 0.25) is 0 Å². The van der Waals surface area contributed by atoms with Gasteiger partial charge < -0.3 is 9.80 Å². The Hall–Kier alpha value is -2.21. The first-order valence-corrected chi connectivity index (χ1v) is 9.66. The van der Waals surface area contributed by atoms with E-state index in [0.29, 0.717) is 0 Å². The first-order valence-electron chi connectivity index (χ1n) is 8.85. The molecule has 0 aliphatic carbocycles. The van der Waals surface area contributed by atoms with Gasteiger partial charge in [-0.3, -0.25) is 0 Å². The van der Waals surface area contributed by atoms with Crippen molar-refractivity contribution in [2.24, 2.45) is 0 Å². The van der Waals surface area contributed by atoms with Gasteiger partial charge in [0.15, 0.2) is 0 Å². The van der Waals surface area contributed by atoms with Crippen molar-refractivity contribution in [3.8, 4) is 0 Å². The molecule has 1 aliphatic rings. The number of pyridine rings is 1. The normalized spacial score (nSPS) is 15.2. The molecule has 4 heterocycles. The molecule has 4 rings (SSSR count). The van der Waals surface area contributed by atoms with Gasteiger partial charge in [0.05, 0.1) is 5.39 Å². The predicted octanol–water partition coefficient (Wildman–Crippen LogP) is 3.59. The van der Waals surface area contributed by atoms with Gasteiger partial charge in [-0.15, -0.1) is 11.3 Å². The minimum Gasteiger partial charge on any atom is -0.353 e. The Kier molecular flexibility index (Phi) is 4.29. The van der Waals surface area contributed by atoms with Crippen LogP contribution in [0.3, 0.4) is 0 Å². The lowest BCUT2D eigenvalue weighted by molar-refractivity contribution is 0.641. The van der Waals surface area contributed by atoms with E-state index < -0.39 is 0 Å². The van der Waals surface area contributed by atoms with Gasteiger partial charge in [0.2, 0.25) is 0 Å². The molecule has 1 fully saturated rings. The Morgan fingerprint density at radius 1 is 1.04 bits per heavy atom. The highest BCUT2D eigenvalue weighted by Crippen LogP contribution is 2.35. The fourth-order valence-corrected chi connectivity index (χ4v) is 4.39. The second-order valence-electron chi connectivity index (χ2n) is 6.44. The summed E-state index contributed by atoms with van der Waals surface area (Å²) in [6.07, 6.45) is 2.73. The second kappa shape index (κ2) is 6.59. The molecule has 130 valence electrons. The van der Waals surface area contributed by atoms with Crippen LogP contribution in [0.25, 0.3) is 10.2 Å². The van der Waals surface area contributed by atoms with Gasteiger partial charge in [0.25, 0.3) is 0 Å². The Labute approximate surface area is 152 Å². The summed E-state index contributed by atoms with van der Waals surface area (Å²) in [5, 5.41) is 1.24. The lowest BCUT2D eigenvalue weighted by atomic mass is 10.2. The Bertz CT molecular complexity index is 882. The summed E-state index contributed by atoms with van der Waals surface area (Å²) in [6, 6.07) is 6.10. The maximum atomic E-state index is 4.90. The van der Waals surface area contributed by atoms with Crippen molar-refractivity contribution in [1.82, 2.24) is 15.0 Å². The zero-order valence-corrected chi connectivity index (χ0v) is 15.8. The summed E-state index contributed by atoms with van der Waals surface area (Å²) >= 11 is 1.79. The topological polar surface area (TPSA) is 45.2 Å². The zero-order chi connectivity index (χ0) is 17.4. The van der Waals surface area contributed by atoms with Gasteiger partial charge >= 0.3 is 0 Å². The number of anilines is 2. The molecule has 25 heavy (non-hydrogen) atoms. The maximum Gasteiger partial charge on any atom is 0.141 e. The molecule has 0 saturated carbocycles. The monoisotopic (exact) mass is 353 g/mol. The van der Waals surface area contributed by atoms with Crippen molar-refractivity contribution in [2.45, 2.75) is 27.2 Å². The third kappa shape index (κ3) is 2.95. The molecule has 0 spiro atoms. The van der Waals surface area contributed by atoms with Crippen LogP contribution in [0.15, 0.2) is 24.4 Å². The summed E-state index contributed by atoms with van der Waals surface area (Å²) in [5.41, 5.74) is 1.32. The molecule has 0 amide bonds. The van der Waals surface area contributed by atoms with Gasteiger partial charge in [0, 0.05) is 43.7 Å². The van der Waals surface area contributed by atoms with E-state index in [1.807, 2.05) is 18.3 Å². The van der Waals surface area contributed by atoms with Gasteiger partial charge in [-0.2, -0.15) is 0 Å². The van der Waals surface area contributed by atoms with Crippen molar-refractivity contribution in [3.05, 3.63) is 40.7 Å². The van der Waals surface area contributed by atoms with E-state index in [2.05, 4.69) is 41.6 Å². The molecule has 1 aliphatic heterocycles. The molecule has 1 saturated heterocycles. The number of nitrogens with zero attached hydrogens (tertiary/aromatic N) is 5. The van der Waals surface area contributed by atoms with Gasteiger partial charge in [0.1, 0.15) is 22.3 Å². The summed E-state index contributed by atoms with van der Waals surface area (Å²) in [5.74, 6) is 3.12. The van der Waals surface area contributed by atoms with E-state index in [4.69, 9.17) is 9.97 Å². The highest BCUT2D eigenvalue weighted by molar-refractivity contribution is 7.18. The molecule has 3 aromatic heterocycles. The van der Waals surface area contributed by atoms with Crippen LogP contribution in [0.1, 0.15) is 23.2 Å². The van der Waals surface area contributed by atoms with Crippen molar-refractivity contribution in [2.75, 3.05) is 36.0 Å². The minimum atomic E-state index is 0.868. The van der Waals surface area contributed by atoms with Gasteiger partial charge in [-0.1, -0.05) is 13.0 Å². The quantitative estimate of drug-likeness (QED) is 0.720. The van der Waals surface area contributed by atoms with Crippen molar-refractivity contribution in [3.63, 3.8) is 0 Å². The van der Waals surface area contributed by atoms with Crippen LogP contribution in [-0.4, -0.2) is 41.1 Å². The number of hydrogen-bond donors (Lipinski definition) is 0. The molecule has 0 N–H and O–H groups in total. The smallest absolute Gasteiger partial charge is 0.141 e. The Balaban J connectivity index is 1.64. The Morgan fingerprint density at radius 3 is 2.48 bits per heavy atom. The molecule has 0 unspecified atom stereocenters. The number of fused-ring (bicyclic) bond motifs is 1. The third-order valence-corrected chi connectivity index (χ3v) is 6.03. The molecular formula is C19H23N5S. The summed E-state index contributed by atoms with van der Waals surface area (Å²) < 4.78 is 0. The fraction of sp³-hybridized carbons (Fsp3) is 0.421. The van der Waals surface area contributed by atoms with Crippen LogP contribution in [0.4, 0.5) is 11.6 Å². The van der Waals surface area contributed by atoms with Crippen LogP contribution < -0.4 is 9.80 Å². The predicted molar refractivity (Wildman–Crippen MR) is 105 cm³/mol. The second-order valence-corrected chi connectivity index (χ2v) is 7.65. The molecule has 0 bridgehead atoms. The van der Waals surface area contributed by atoms with Crippen molar-refractivity contribution in [1.29, 1.82) is 0 Å².